The van der Waals surface area contributed by atoms with Gasteiger partial charge in [-0.1, -0.05) is 6.07 Å². The van der Waals surface area contributed by atoms with Gasteiger partial charge in [0.05, 0.1) is 22.1 Å². The topological polar surface area (TPSA) is 90.7 Å². The normalized spacial score (nSPS) is 18.0. The summed E-state index contributed by atoms with van der Waals surface area (Å²) in [4.78, 5) is 26.2. The lowest BCUT2D eigenvalue weighted by molar-refractivity contribution is -0.181. The van der Waals surface area contributed by atoms with Crippen LogP contribution in [0.15, 0.2) is 28.7 Å². The molecular formula is C21H24F3N5O2S2. The molecule has 0 bridgehead atoms. The molecule has 12 heteroatoms. The van der Waals surface area contributed by atoms with Crippen LogP contribution in [0.4, 0.5) is 19.0 Å². The number of amides is 1. The molecule has 3 rings (SSSR count). The third-order valence-electron chi connectivity index (χ3n) is 4.99. The van der Waals surface area contributed by atoms with Gasteiger partial charge in [0.1, 0.15) is 23.0 Å². The Morgan fingerprint density at radius 3 is 2.85 bits per heavy atom. The number of halogens is 3. The highest BCUT2D eigenvalue weighted by Gasteiger charge is 2.48. The lowest BCUT2D eigenvalue weighted by Gasteiger charge is -2.26. The minimum absolute atomic E-state index is 0.0923. The molecule has 1 aliphatic rings. The van der Waals surface area contributed by atoms with Crippen molar-refractivity contribution >= 4 is 47.2 Å². The summed E-state index contributed by atoms with van der Waals surface area (Å²) in [6, 6.07) is 1.58. The highest BCUT2D eigenvalue weighted by atomic mass is 32.2. The van der Waals surface area contributed by atoms with Gasteiger partial charge in [-0.15, -0.1) is 23.1 Å². The Labute approximate surface area is 197 Å². The van der Waals surface area contributed by atoms with Crippen molar-refractivity contribution in [1.82, 2.24) is 14.9 Å². The van der Waals surface area contributed by atoms with Gasteiger partial charge < -0.3 is 15.3 Å². The van der Waals surface area contributed by atoms with Crippen LogP contribution in [-0.2, 0) is 11.3 Å². The number of thioether (sulfide) groups is 1. The predicted molar refractivity (Wildman–Crippen MR) is 125 cm³/mol. The van der Waals surface area contributed by atoms with Crippen molar-refractivity contribution in [2.45, 2.75) is 51.6 Å². The van der Waals surface area contributed by atoms with E-state index in [-0.39, 0.29) is 19.4 Å². The second kappa shape index (κ2) is 10.7. The van der Waals surface area contributed by atoms with E-state index in [0.717, 1.165) is 15.5 Å². The maximum Gasteiger partial charge on any atom is 0.408 e. The van der Waals surface area contributed by atoms with Gasteiger partial charge in [0, 0.05) is 19.2 Å². The van der Waals surface area contributed by atoms with Gasteiger partial charge >= 0.3 is 6.18 Å². The molecule has 0 aromatic carbocycles. The minimum atomic E-state index is -4.43. The molecule has 1 fully saturated rings. The molecule has 0 aliphatic carbocycles. The molecule has 2 aromatic rings. The second-order valence-corrected chi connectivity index (χ2v) is 9.35. The number of aliphatic imine (C=N–C) groups is 1. The summed E-state index contributed by atoms with van der Waals surface area (Å²) >= 11 is 2.79. The zero-order valence-corrected chi connectivity index (χ0v) is 19.7. The molecule has 2 aromatic heterocycles. The van der Waals surface area contributed by atoms with Crippen molar-refractivity contribution in [2.75, 3.05) is 11.2 Å². The molecule has 7 nitrogen and oxygen atoms in total. The Morgan fingerprint density at radius 1 is 1.52 bits per heavy atom. The lowest BCUT2D eigenvalue weighted by atomic mass is 10.2. The van der Waals surface area contributed by atoms with Gasteiger partial charge in [0.25, 0.3) is 0 Å². The van der Waals surface area contributed by atoms with Crippen molar-refractivity contribution < 1.29 is 23.1 Å². The number of pyridine rings is 1. The quantitative estimate of drug-likeness (QED) is 0.294. The van der Waals surface area contributed by atoms with E-state index in [1.807, 2.05) is 12.3 Å². The average Bonchev–Trinajstić information content (AvgIpc) is 3.32. The molecule has 0 saturated carbocycles. The number of thiazole rings is 1. The van der Waals surface area contributed by atoms with E-state index in [1.54, 1.807) is 19.1 Å². The Kier molecular flexibility index (Phi) is 8.14. The maximum atomic E-state index is 13.1. The van der Waals surface area contributed by atoms with Crippen LogP contribution >= 0.6 is 23.1 Å². The fraction of sp³-hybridized carbons (Fsp3) is 0.429. The van der Waals surface area contributed by atoms with Crippen molar-refractivity contribution in [3.8, 4) is 0 Å². The zero-order valence-electron chi connectivity index (χ0n) is 18.1. The third kappa shape index (κ3) is 6.33. The van der Waals surface area contributed by atoms with Gasteiger partial charge in [-0.3, -0.25) is 9.79 Å². The summed E-state index contributed by atoms with van der Waals surface area (Å²) in [6.07, 6.45) is -3.91. The van der Waals surface area contributed by atoms with Crippen LogP contribution in [0.1, 0.15) is 47.0 Å². The van der Waals surface area contributed by atoms with E-state index in [0.29, 0.717) is 28.0 Å². The zero-order chi connectivity index (χ0) is 24.2. The molecule has 3 heterocycles. The van der Waals surface area contributed by atoms with E-state index in [4.69, 9.17) is 0 Å². The molecule has 1 unspecified atom stereocenters. The van der Waals surface area contributed by atoms with Crippen molar-refractivity contribution in [2.24, 2.45) is 4.99 Å². The van der Waals surface area contributed by atoms with E-state index in [9.17, 15) is 23.1 Å². The van der Waals surface area contributed by atoms with Crippen LogP contribution < -0.4 is 5.32 Å². The number of anilines is 1. The number of carbonyl (C=O) groups excluding carboxylic acids is 1. The number of nitrogens with one attached hydrogen (secondary N) is 1. The van der Waals surface area contributed by atoms with Crippen molar-refractivity contribution in [1.29, 1.82) is 0 Å². The second-order valence-electron chi connectivity index (χ2n) is 7.46. The van der Waals surface area contributed by atoms with Crippen LogP contribution in [0.3, 0.4) is 0 Å². The van der Waals surface area contributed by atoms with E-state index < -0.39 is 24.2 Å². The number of aromatic nitrogens is 2. The first-order valence-corrected chi connectivity index (χ1v) is 12.0. The van der Waals surface area contributed by atoms with Crippen LogP contribution in [0.2, 0.25) is 0 Å². The summed E-state index contributed by atoms with van der Waals surface area (Å²) in [5.41, 5.74) is 1.96. The molecule has 2 N–H and O–H groups in total. The number of hydrogen-bond acceptors (Lipinski definition) is 8. The van der Waals surface area contributed by atoms with Crippen LogP contribution in [0.25, 0.3) is 5.70 Å². The van der Waals surface area contributed by atoms with Crippen LogP contribution in [0, 0.1) is 6.92 Å². The van der Waals surface area contributed by atoms with E-state index >= 15 is 0 Å². The lowest BCUT2D eigenvalue weighted by Crippen LogP contribution is -2.42. The Balaban J connectivity index is 1.55. The molecule has 0 radical (unpaired) electrons. The minimum Gasteiger partial charge on any atom is -0.386 e. The Bertz CT molecular complexity index is 1020. The number of nitrogens with zero attached hydrogens (tertiary/aromatic N) is 4. The molecule has 0 spiro atoms. The van der Waals surface area contributed by atoms with Crippen LogP contribution in [0.5, 0.6) is 0 Å². The number of alkyl halides is 3. The summed E-state index contributed by atoms with van der Waals surface area (Å²) in [5.74, 6) is 0.525. The highest BCUT2D eigenvalue weighted by molar-refractivity contribution is 8.02. The summed E-state index contributed by atoms with van der Waals surface area (Å²) < 4.78 is 39.4. The fourth-order valence-electron chi connectivity index (χ4n) is 3.32. The largest absolute Gasteiger partial charge is 0.408 e. The number of hydrogen-bond donors (Lipinski definition) is 2. The molecular weight excluding hydrogens is 475 g/mol. The molecule has 2 atom stereocenters. The van der Waals surface area contributed by atoms with Gasteiger partial charge in [-0.2, -0.15) is 13.2 Å². The highest BCUT2D eigenvalue weighted by Crippen LogP contribution is 2.34. The van der Waals surface area contributed by atoms with Gasteiger partial charge in [-0.05, 0) is 44.0 Å². The summed E-state index contributed by atoms with van der Waals surface area (Å²) in [7, 11) is 0. The fourth-order valence-corrected chi connectivity index (χ4v) is 5.05. The van der Waals surface area contributed by atoms with Crippen molar-refractivity contribution in [3.63, 3.8) is 0 Å². The average molecular weight is 500 g/mol. The first-order chi connectivity index (χ1) is 15.6. The SMILES string of the molecule is C=N/C(=C\SCNc1ccc(CN2C(=O)CC[C@H]2C(F)(F)F)cn1)c1sc(C(C)O)nc1C. The number of likely N-dealkylation sites (tertiary alicyclic amines) is 1. The number of aryl methyl sites for hydroxylation is 1. The number of rotatable bonds is 9. The molecule has 1 aliphatic heterocycles. The first kappa shape index (κ1) is 25.2. The van der Waals surface area contributed by atoms with Gasteiger partial charge in [-0.25, -0.2) is 9.97 Å². The van der Waals surface area contributed by atoms with Crippen molar-refractivity contribution in [3.05, 3.63) is 44.9 Å². The van der Waals surface area contributed by atoms with E-state index in [2.05, 4.69) is 27.0 Å². The Hall–Kier alpha value is -2.44. The maximum absolute atomic E-state index is 13.1. The smallest absolute Gasteiger partial charge is 0.386 e. The number of carbonyl (C=O) groups is 1. The summed E-state index contributed by atoms with van der Waals surface area (Å²) in [6.45, 7) is 6.98. The Morgan fingerprint density at radius 2 is 2.27 bits per heavy atom. The third-order valence-corrected chi connectivity index (χ3v) is 7.04. The monoisotopic (exact) mass is 499 g/mol. The van der Waals surface area contributed by atoms with Gasteiger partial charge in [0.2, 0.25) is 5.91 Å². The predicted octanol–water partition coefficient (Wildman–Crippen LogP) is 4.75. The number of aliphatic hydroxyl groups is 1. The van der Waals surface area contributed by atoms with E-state index in [1.165, 1.54) is 29.3 Å². The van der Waals surface area contributed by atoms with Gasteiger partial charge in [0.15, 0.2) is 0 Å². The summed E-state index contributed by atoms with van der Waals surface area (Å²) in [5, 5.41) is 15.3. The standard InChI is InChI=1S/C21H24F3N5O2S2/c1-12-19(33-20(28-12)13(2)30)15(25-3)10-32-11-27-17-6-4-14(8-26-17)9-29-16(21(22,23)24)5-7-18(29)31/h4,6,8,10,13,16,30H,3,5,7,9,11H2,1-2H3,(H,26,27)/b15-10-/t13?,16-/m0/s1. The molecule has 33 heavy (non-hydrogen) atoms. The molecule has 178 valence electrons. The number of aliphatic hydroxyl groups excluding tert-OH is 1. The van der Waals surface area contributed by atoms with Crippen LogP contribution in [-0.4, -0.2) is 50.7 Å². The molecule has 1 saturated heterocycles. The molecule has 1 amide bonds. The first-order valence-electron chi connectivity index (χ1n) is 10.1.